The van der Waals surface area contributed by atoms with Crippen LogP contribution in [0.5, 0.6) is 0 Å². The number of fused-ring (bicyclic) bond motifs is 1. The van der Waals surface area contributed by atoms with Gasteiger partial charge in [0.2, 0.25) is 5.89 Å². The van der Waals surface area contributed by atoms with E-state index in [4.69, 9.17) is 15.2 Å². The minimum absolute atomic E-state index is 0.449. The Labute approximate surface area is 160 Å². The van der Waals surface area contributed by atoms with E-state index in [2.05, 4.69) is 25.8 Å². The van der Waals surface area contributed by atoms with Gasteiger partial charge in [-0.15, -0.1) is 11.3 Å². The smallest absolute Gasteiger partial charge is 0.246 e. The summed E-state index contributed by atoms with van der Waals surface area (Å²) in [5, 5.41) is 4.19. The van der Waals surface area contributed by atoms with E-state index >= 15 is 0 Å². The van der Waals surface area contributed by atoms with Crippen molar-refractivity contribution in [1.29, 1.82) is 0 Å². The first-order valence-electron chi connectivity index (χ1n) is 9.12. The average Bonchev–Trinajstić information content (AvgIpc) is 3.43. The van der Waals surface area contributed by atoms with Gasteiger partial charge in [-0.2, -0.15) is 4.98 Å². The minimum atomic E-state index is -0.449. The minimum Gasteiger partial charge on any atom is -0.337 e. The zero-order valence-electron chi connectivity index (χ0n) is 15.1. The van der Waals surface area contributed by atoms with Gasteiger partial charge >= 0.3 is 0 Å². The molecule has 1 aliphatic rings. The Kier molecular flexibility index (Phi) is 3.84. The fourth-order valence-electron chi connectivity index (χ4n) is 3.81. The summed E-state index contributed by atoms with van der Waals surface area (Å²) >= 11 is 1.59. The number of para-hydroxylation sites is 2. The highest BCUT2D eigenvalue weighted by Crippen LogP contribution is 2.35. The van der Waals surface area contributed by atoms with Crippen LogP contribution in [0.3, 0.4) is 0 Å². The zero-order chi connectivity index (χ0) is 18.4. The van der Waals surface area contributed by atoms with Crippen molar-refractivity contribution in [3.63, 3.8) is 0 Å². The number of nitrogens with two attached hydrogens (primary N) is 1. The van der Waals surface area contributed by atoms with Crippen LogP contribution in [0.2, 0.25) is 0 Å². The summed E-state index contributed by atoms with van der Waals surface area (Å²) in [5.41, 5.74) is 10.8. The Hall–Kier alpha value is -2.58. The van der Waals surface area contributed by atoms with Gasteiger partial charge in [-0.05, 0) is 31.9 Å². The van der Waals surface area contributed by atoms with Gasteiger partial charge in [0.05, 0.1) is 32.7 Å². The number of nitrogens with zero attached hydrogens (tertiary/aromatic N) is 5. The number of thiazole rings is 1. The van der Waals surface area contributed by atoms with Crippen molar-refractivity contribution >= 4 is 22.4 Å². The first-order chi connectivity index (χ1) is 13.1. The fraction of sp³-hybridized carbons (Fsp3) is 0.368. The van der Waals surface area contributed by atoms with Crippen molar-refractivity contribution < 1.29 is 4.52 Å². The van der Waals surface area contributed by atoms with E-state index in [0.29, 0.717) is 18.3 Å². The van der Waals surface area contributed by atoms with Crippen molar-refractivity contribution in [1.82, 2.24) is 24.7 Å². The molecule has 3 aromatic heterocycles. The van der Waals surface area contributed by atoms with Gasteiger partial charge in [-0.3, -0.25) is 0 Å². The Morgan fingerprint density at radius 1 is 1.22 bits per heavy atom. The maximum Gasteiger partial charge on any atom is 0.246 e. The zero-order valence-corrected chi connectivity index (χ0v) is 15.9. The summed E-state index contributed by atoms with van der Waals surface area (Å²) < 4.78 is 7.68. The predicted molar refractivity (Wildman–Crippen MR) is 103 cm³/mol. The summed E-state index contributed by atoms with van der Waals surface area (Å²) in [6.07, 6.45) is 4.04. The van der Waals surface area contributed by atoms with Crippen LogP contribution in [0.4, 0.5) is 0 Å². The number of hydrogen-bond acceptors (Lipinski definition) is 7. The molecule has 2 N–H and O–H groups in total. The van der Waals surface area contributed by atoms with Crippen LogP contribution < -0.4 is 5.73 Å². The summed E-state index contributed by atoms with van der Waals surface area (Å²) in [6, 6.07) is 8.07. The molecule has 27 heavy (non-hydrogen) atoms. The first-order valence-corrected chi connectivity index (χ1v) is 10.00. The first kappa shape index (κ1) is 16.6. The predicted octanol–water partition coefficient (Wildman–Crippen LogP) is 3.63. The quantitative estimate of drug-likeness (QED) is 0.581. The van der Waals surface area contributed by atoms with Gasteiger partial charge in [0.1, 0.15) is 6.54 Å². The van der Waals surface area contributed by atoms with E-state index in [1.165, 1.54) is 0 Å². The molecule has 0 amide bonds. The topological polar surface area (TPSA) is 95.7 Å². The SMILES string of the molecule is Cc1ncsc1-c1nc2ccccc2n1Cc1nc(C2(N)CCCC2)no1. The van der Waals surface area contributed by atoms with Crippen molar-refractivity contribution in [3.05, 3.63) is 47.2 Å². The second kappa shape index (κ2) is 6.24. The maximum atomic E-state index is 6.47. The molecule has 1 saturated carbocycles. The monoisotopic (exact) mass is 380 g/mol. The number of rotatable bonds is 4. The van der Waals surface area contributed by atoms with Crippen LogP contribution >= 0.6 is 11.3 Å². The molecular weight excluding hydrogens is 360 g/mol. The van der Waals surface area contributed by atoms with E-state index in [1.54, 1.807) is 11.3 Å². The van der Waals surface area contributed by atoms with Crippen LogP contribution in [-0.4, -0.2) is 24.7 Å². The number of benzene rings is 1. The third kappa shape index (κ3) is 2.76. The largest absolute Gasteiger partial charge is 0.337 e. The number of aryl methyl sites for hydroxylation is 1. The van der Waals surface area contributed by atoms with Crippen molar-refractivity contribution in [2.75, 3.05) is 0 Å². The van der Waals surface area contributed by atoms with Crippen LogP contribution in [-0.2, 0) is 12.1 Å². The van der Waals surface area contributed by atoms with Gasteiger partial charge in [0.15, 0.2) is 11.6 Å². The molecule has 138 valence electrons. The molecule has 1 aliphatic carbocycles. The summed E-state index contributed by atoms with van der Waals surface area (Å²) in [4.78, 5) is 14.9. The maximum absolute atomic E-state index is 6.47. The molecule has 5 rings (SSSR count). The van der Waals surface area contributed by atoms with E-state index in [0.717, 1.165) is 53.1 Å². The van der Waals surface area contributed by atoms with E-state index in [1.807, 2.05) is 30.6 Å². The highest BCUT2D eigenvalue weighted by molar-refractivity contribution is 7.13. The molecule has 0 bridgehead atoms. The Balaban J connectivity index is 1.57. The van der Waals surface area contributed by atoms with Gasteiger partial charge in [0.25, 0.3) is 0 Å². The highest BCUT2D eigenvalue weighted by atomic mass is 32.1. The average molecular weight is 380 g/mol. The molecule has 0 radical (unpaired) electrons. The third-order valence-corrected chi connectivity index (χ3v) is 6.23. The fourth-order valence-corrected chi connectivity index (χ4v) is 4.61. The van der Waals surface area contributed by atoms with Crippen LogP contribution in [0.15, 0.2) is 34.3 Å². The molecule has 0 spiro atoms. The van der Waals surface area contributed by atoms with Crippen molar-refractivity contribution in [3.8, 4) is 10.7 Å². The van der Waals surface area contributed by atoms with E-state index < -0.39 is 5.54 Å². The second-order valence-corrected chi connectivity index (χ2v) is 8.01. The molecule has 0 saturated heterocycles. The third-order valence-electron chi connectivity index (χ3n) is 5.31. The number of hydrogen-bond donors (Lipinski definition) is 1. The van der Waals surface area contributed by atoms with Crippen molar-refractivity contribution in [2.24, 2.45) is 5.73 Å². The molecular formula is C19H20N6OS. The van der Waals surface area contributed by atoms with Crippen LogP contribution in [0.25, 0.3) is 21.7 Å². The molecule has 0 atom stereocenters. The lowest BCUT2D eigenvalue weighted by Gasteiger charge is -2.17. The van der Waals surface area contributed by atoms with Gasteiger partial charge in [-0.25, -0.2) is 9.97 Å². The second-order valence-electron chi connectivity index (χ2n) is 7.15. The molecule has 7 nitrogen and oxygen atoms in total. The summed E-state index contributed by atoms with van der Waals surface area (Å²) in [6.45, 7) is 2.45. The van der Waals surface area contributed by atoms with Crippen molar-refractivity contribution in [2.45, 2.75) is 44.7 Å². The molecule has 1 fully saturated rings. The molecule has 1 aromatic carbocycles. The molecule has 4 aromatic rings. The number of aromatic nitrogens is 5. The van der Waals surface area contributed by atoms with Crippen LogP contribution in [0.1, 0.15) is 43.1 Å². The lowest BCUT2D eigenvalue weighted by molar-refractivity contribution is 0.345. The molecule has 3 heterocycles. The lowest BCUT2D eigenvalue weighted by Crippen LogP contribution is -2.34. The molecule has 8 heteroatoms. The highest BCUT2D eigenvalue weighted by Gasteiger charge is 2.36. The molecule has 0 unspecified atom stereocenters. The Morgan fingerprint density at radius 3 is 2.81 bits per heavy atom. The summed E-state index contributed by atoms with van der Waals surface area (Å²) in [5.74, 6) is 2.04. The van der Waals surface area contributed by atoms with Gasteiger partial charge in [-0.1, -0.05) is 30.1 Å². The number of imidazole rings is 1. The molecule has 0 aliphatic heterocycles. The summed E-state index contributed by atoms with van der Waals surface area (Å²) in [7, 11) is 0. The van der Waals surface area contributed by atoms with E-state index in [9.17, 15) is 0 Å². The van der Waals surface area contributed by atoms with Gasteiger partial charge < -0.3 is 14.8 Å². The standard InChI is InChI=1S/C19H20N6OS/c1-12-16(27-11-21-12)17-22-13-6-2-3-7-14(13)25(17)10-15-23-18(24-26-15)19(20)8-4-5-9-19/h2-3,6-7,11H,4-5,8-10,20H2,1H3. The van der Waals surface area contributed by atoms with Gasteiger partial charge in [0, 0.05) is 0 Å². The van der Waals surface area contributed by atoms with Crippen LogP contribution in [0, 0.1) is 6.92 Å². The van der Waals surface area contributed by atoms with E-state index in [-0.39, 0.29) is 0 Å². The normalized spacial score (nSPS) is 16.4. The lowest BCUT2D eigenvalue weighted by atomic mass is 9.99. The Bertz CT molecular complexity index is 1100. The Morgan fingerprint density at radius 2 is 2.04 bits per heavy atom.